The third-order valence-corrected chi connectivity index (χ3v) is 4.36. The highest BCUT2D eigenvalue weighted by atomic mass is 32.1. The second-order valence-corrected chi connectivity index (χ2v) is 5.66. The first kappa shape index (κ1) is 16.7. The predicted molar refractivity (Wildman–Crippen MR) is 88.7 cm³/mol. The zero-order valence-electron chi connectivity index (χ0n) is 13.2. The second-order valence-electron chi connectivity index (χ2n) is 4.80. The van der Waals surface area contributed by atoms with Crippen LogP contribution in [0.4, 0.5) is 0 Å². The van der Waals surface area contributed by atoms with Crippen LogP contribution in [0.25, 0.3) is 10.6 Å². The maximum Gasteiger partial charge on any atom is 0.132 e. The molecular weight excluding hydrogens is 300 g/mol. The van der Waals surface area contributed by atoms with Crippen molar-refractivity contribution in [1.82, 2.24) is 9.88 Å². The van der Waals surface area contributed by atoms with Crippen molar-refractivity contribution in [2.75, 3.05) is 33.9 Å². The van der Waals surface area contributed by atoms with Gasteiger partial charge in [0.15, 0.2) is 0 Å². The molecule has 0 aliphatic heterocycles. The minimum Gasteiger partial charge on any atom is -0.497 e. The fourth-order valence-corrected chi connectivity index (χ4v) is 3.04. The van der Waals surface area contributed by atoms with Gasteiger partial charge in [-0.2, -0.15) is 0 Å². The van der Waals surface area contributed by atoms with Crippen LogP contribution < -0.4 is 9.47 Å². The Labute approximate surface area is 135 Å². The Kier molecular flexibility index (Phi) is 6.18. The molecule has 1 aromatic heterocycles. The highest BCUT2D eigenvalue weighted by molar-refractivity contribution is 7.13. The maximum absolute atomic E-state index is 9.06. The Morgan fingerprint density at radius 2 is 2.09 bits per heavy atom. The van der Waals surface area contributed by atoms with Crippen molar-refractivity contribution in [3.8, 4) is 22.1 Å². The van der Waals surface area contributed by atoms with Crippen molar-refractivity contribution in [3.63, 3.8) is 0 Å². The second kappa shape index (κ2) is 8.12. The molecule has 22 heavy (non-hydrogen) atoms. The fourth-order valence-electron chi connectivity index (χ4n) is 2.20. The number of aromatic nitrogens is 1. The topological polar surface area (TPSA) is 54.8 Å². The lowest BCUT2D eigenvalue weighted by Gasteiger charge is -2.17. The van der Waals surface area contributed by atoms with Crippen LogP contribution >= 0.6 is 11.3 Å². The number of benzene rings is 1. The monoisotopic (exact) mass is 322 g/mol. The molecule has 0 bridgehead atoms. The van der Waals surface area contributed by atoms with Gasteiger partial charge in [0.05, 0.1) is 32.1 Å². The highest BCUT2D eigenvalue weighted by Gasteiger charge is 2.13. The Hall–Kier alpha value is -1.63. The van der Waals surface area contributed by atoms with Gasteiger partial charge in [0, 0.05) is 24.5 Å². The summed E-state index contributed by atoms with van der Waals surface area (Å²) in [6.07, 6.45) is 0. The van der Waals surface area contributed by atoms with Crippen molar-refractivity contribution >= 4 is 11.3 Å². The molecule has 0 unspecified atom stereocenters. The summed E-state index contributed by atoms with van der Waals surface area (Å²) in [5.41, 5.74) is 1.97. The minimum atomic E-state index is 0.164. The van der Waals surface area contributed by atoms with Crippen molar-refractivity contribution in [1.29, 1.82) is 0 Å². The summed E-state index contributed by atoms with van der Waals surface area (Å²) in [6.45, 7) is 4.53. The lowest BCUT2D eigenvalue weighted by molar-refractivity contribution is 0.195. The number of thiazole rings is 1. The number of hydrogen-bond acceptors (Lipinski definition) is 6. The van der Waals surface area contributed by atoms with E-state index < -0.39 is 0 Å². The molecule has 0 radical (unpaired) electrons. The van der Waals surface area contributed by atoms with E-state index in [0.717, 1.165) is 40.9 Å². The molecule has 0 saturated carbocycles. The summed E-state index contributed by atoms with van der Waals surface area (Å²) in [4.78, 5) is 6.85. The molecule has 0 aliphatic rings. The zero-order chi connectivity index (χ0) is 15.9. The van der Waals surface area contributed by atoms with E-state index in [1.54, 1.807) is 25.6 Å². The van der Waals surface area contributed by atoms with Crippen molar-refractivity contribution < 1.29 is 14.6 Å². The fraction of sp³-hybridized carbons (Fsp3) is 0.438. The summed E-state index contributed by atoms with van der Waals surface area (Å²) in [5, 5.41) is 12.0. The minimum absolute atomic E-state index is 0.164. The Bertz CT molecular complexity index is 601. The average Bonchev–Trinajstić information content (AvgIpc) is 3.02. The largest absolute Gasteiger partial charge is 0.497 e. The van der Waals surface area contributed by atoms with Crippen LogP contribution in [-0.2, 0) is 6.54 Å². The molecule has 6 heteroatoms. The average molecular weight is 322 g/mol. The first-order valence-corrected chi connectivity index (χ1v) is 8.09. The molecule has 1 aromatic carbocycles. The van der Waals surface area contributed by atoms with Gasteiger partial charge in [0.2, 0.25) is 0 Å². The van der Waals surface area contributed by atoms with Crippen LogP contribution in [0.15, 0.2) is 23.6 Å². The van der Waals surface area contributed by atoms with Gasteiger partial charge in [0.1, 0.15) is 16.5 Å². The third-order valence-electron chi connectivity index (χ3n) is 3.44. The lowest BCUT2D eigenvalue weighted by Crippen LogP contribution is -2.26. The van der Waals surface area contributed by atoms with Crippen LogP contribution in [-0.4, -0.2) is 48.9 Å². The van der Waals surface area contributed by atoms with Gasteiger partial charge in [-0.25, -0.2) is 4.98 Å². The Balaban J connectivity index is 2.20. The summed E-state index contributed by atoms with van der Waals surface area (Å²) in [5.74, 6) is 1.51. The van der Waals surface area contributed by atoms with Crippen molar-refractivity contribution in [2.24, 2.45) is 0 Å². The van der Waals surface area contributed by atoms with Crippen LogP contribution in [0.2, 0.25) is 0 Å². The molecule has 2 rings (SSSR count). The number of methoxy groups -OCH3 is 2. The van der Waals surface area contributed by atoms with Gasteiger partial charge < -0.3 is 14.6 Å². The number of ether oxygens (including phenoxy) is 2. The quantitative estimate of drug-likeness (QED) is 0.810. The van der Waals surface area contributed by atoms with Gasteiger partial charge in [-0.1, -0.05) is 6.92 Å². The molecule has 2 aromatic rings. The molecule has 1 heterocycles. The summed E-state index contributed by atoms with van der Waals surface area (Å²) in [6, 6.07) is 5.73. The van der Waals surface area contributed by atoms with Gasteiger partial charge in [-0.3, -0.25) is 4.90 Å². The first-order valence-electron chi connectivity index (χ1n) is 7.21. The number of nitrogens with zero attached hydrogens (tertiary/aromatic N) is 2. The molecule has 1 N–H and O–H groups in total. The standard InChI is InChI=1S/C16H22N2O3S/c1-4-18(7-8-19)10-12-11-22-16(17-12)14-6-5-13(20-2)9-15(14)21-3/h5-6,9,11,19H,4,7-8,10H2,1-3H3. The molecule has 0 aliphatic carbocycles. The molecular formula is C16H22N2O3S. The Morgan fingerprint density at radius 1 is 1.27 bits per heavy atom. The number of hydrogen-bond donors (Lipinski definition) is 1. The Morgan fingerprint density at radius 3 is 2.73 bits per heavy atom. The van der Waals surface area contributed by atoms with E-state index in [0.29, 0.717) is 6.54 Å². The van der Waals surface area contributed by atoms with Gasteiger partial charge in [-0.05, 0) is 18.7 Å². The predicted octanol–water partition coefficient (Wildman–Crippen LogP) is 2.64. The highest BCUT2D eigenvalue weighted by Crippen LogP contribution is 2.35. The zero-order valence-corrected chi connectivity index (χ0v) is 14.0. The van der Waals surface area contributed by atoms with Crippen molar-refractivity contribution in [3.05, 3.63) is 29.3 Å². The molecule has 0 fully saturated rings. The molecule has 120 valence electrons. The smallest absolute Gasteiger partial charge is 0.132 e. The molecule has 0 saturated heterocycles. The van der Waals surface area contributed by atoms with E-state index in [1.165, 1.54) is 0 Å². The summed E-state index contributed by atoms with van der Waals surface area (Å²) >= 11 is 1.60. The lowest BCUT2D eigenvalue weighted by atomic mass is 10.2. The van der Waals surface area contributed by atoms with Crippen LogP contribution in [0, 0.1) is 0 Å². The molecule has 0 amide bonds. The third kappa shape index (κ3) is 3.97. The normalized spacial score (nSPS) is 11.0. The number of aliphatic hydroxyl groups is 1. The van der Waals surface area contributed by atoms with Crippen LogP contribution in [0.1, 0.15) is 12.6 Å². The SMILES string of the molecule is CCN(CCO)Cc1csc(-c2ccc(OC)cc2OC)n1. The molecule has 0 atom stereocenters. The van der Waals surface area contributed by atoms with E-state index in [4.69, 9.17) is 14.6 Å². The first-order chi connectivity index (χ1) is 10.7. The summed E-state index contributed by atoms with van der Waals surface area (Å²) in [7, 11) is 3.28. The van der Waals surface area contributed by atoms with Crippen molar-refractivity contribution in [2.45, 2.75) is 13.5 Å². The number of aliphatic hydroxyl groups excluding tert-OH is 1. The molecule has 5 nitrogen and oxygen atoms in total. The maximum atomic E-state index is 9.06. The molecule has 0 spiro atoms. The van der Waals surface area contributed by atoms with Gasteiger partial charge in [-0.15, -0.1) is 11.3 Å². The van der Waals surface area contributed by atoms with E-state index in [-0.39, 0.29) is 6.61 Å². The van der Waals surface area contributed by atoms with Gasteiger partial charge >= 0.3 is 0 Å². The van der Waals surface area contributed by atoms with Crippen LogP contribution in [0.3, 0.4) is 0 Å². The summed E-state index contributed by atoms with van der Waals surface area (Å²) < 4.78 is 10.7. The van der Waals surface area contributed by atoms with E-state index in [2.05, 4.69) is 22.2 Å². The van der Waals surface area contributed by atoms with Gasteiger partial charge in [0.25, 0.3) is 0 Å². The number of likely N-dealkylation sites (N-methyl/N-ethyl adjacent to an activating group) is 1. The van der Waals surface area contributed by atoms with E-state index in [1.807, 2.05) is 18.2 Å². The van der Waals surface area contributed by atoms with Crippen LogP contribution in [0.5, 0.6) is 11.5 Å². The van der Waals surface area contributed by atoms with E-state index >= 15 is 0 Å². The number of rotatable bonds is 8. The van der Waals surface area contributed by atoms with E-state index in [9.17, 15) is 0 Å².